The summed E-state index contributed by atoms with van der Waals surface area (Å²) in [7, 11) is 2.12. The Morgan fingerprint density at radius 3 is 2.30 bits per heavy atom. The number of imidazole rings is 1. The van der Waals surface area contributed by atoms with E-state index < -0.39 is 0 Å². The minimum Gasteiger partial charge on any atom is -0.458 e. The monoisotopic (exact) mass is 429 g/mol. The van der Waals surface area contributed by atoms with Crippen LogP contribution >= 0.6 is 0 Å². The fourth-order valence-electron chi connectivity index (χ4n) is 5.53. The van der Waals surface area contributed by atoms with Crippen molar-refractivity contribution in [2.45, 2.75) is 13.8 Å². The smallest absolute Gasteiger partial charge is 0.260 e. The largest absolute Gasteiger partial charge is 0.458 e. The first kappa shape index (κ1) is 18.6. The standard InChI is InChI=1S/C28H22BN2O2/c1-17-9-4-6-11-21(17)31-18(2)30(3)27-22(31)16-15-20-28(27)33-25-14-8-13-24-26(25)29(20)19-10-5-7-12-23(19)32-24/h4-16H,1-3H3/q+1. The number of hydrogen-bond acceptors (Lipinski definition) is 2. The summed E-state index contributed by atoms with van der Waals surface area (Å²) >= 11 is 0. The lowest BCUT2D eigenvalue weighted by atomic mass is 9.35. The van der Waals surface area contributed by atoms with Crippen molar-refractivity contribution in [2.75, 3.05) is 0 Å². The predicted octanol–water partition coefficient (Wildman–Crippen LogP) is 3.80. The molecule has 0 aliphatic carbocycles. The Balaban J connectivity index is 1.56. The molecule has 0 bridgehead atoms. The number of aromatic nitrogens is 2. The summed E-state index contributed by atoms with van der Waals surface area (Å²) in [4.78, 5) is 0. The van der Waals surface area contributed by atoms with Crippen LogP contribution in [-0.4, -0.2) is 11.3 Å². The van der Waals surface area contributed by atoms with E-state index >= 15 is 0 Å². The maximum atomic E-state index is 6.65. The van der Waals surface area contributed by atoms with Crippen molar-refractivity contribution in [2.24, 2.45) is 7.05 Å². The lowest BCUT2D eigenvalue weighted by Gasteiger charge is -2.32. The number of rotatable bonds is 1. The van der Waals surface area contributed by atoms with Gasteiger partial charge in [-0.1, -0.05) is 48.5 Å². The van der Waals surface area contributed by atoms with E-state index in [9.17, 15) is 0 Å². The van der Waals surface area contributed by atoms with E-state index in [1.807, 2.05) is 18.2 Å². The lowest BCUT2D eigenvalue weighted by molar-refractivity contribution is -0.652. The van der Waals surface area contributed by atoms with E-state index in [0.29, 0.717) is 0 Å². The molecule has 0 saturated heterocycles. The zero-order valence-corrected chi connectivity index (χ0v) is 18.8. The van der Waals surface area contributed by atoms with Crippen LogP contribution in [0.4, 0.5) is 0 Å². The van der Waals surface area contributed by atoms with Gasteiger partial charge in [-0.05, 0) is 53.7 Å². The number of fused-ring (bicyclic) bond motifs is 6. The molecule has 4 aromatic carbocycles. The first-order valence-electron chi connectivity index (χ1n) is 11.3. The molecule has 0 N–H and O–H groups in total. The third-order valence-corrected chi connectivity index (χ3v) is 7.17. The van der Waals surface area contributed by atoms with Gasteiger partial charge >= 0.3 is 0 Å². The van der Waals surface area contributed by atoms with Crippen molar-refractivity contribution in [1.82, 2.24) is 4.57 Å². The van der Waals surface area contributed by atoms with E-state index in [1.165, 1.54) is 22.2 Å². The minimum atomic E-state index is 0.0800. The summed E-state index contributed by atoms with van der Waals surface area (Å²) in [6.45, 7) is 4.40. The maximum Gasteiger partial charge on any atom is 0.260 e. The molecule has 1 aromatic heterocycles. The highest BCUT2D eigenvalue weighted by atomic mass is 16.5. The van der Waals surface area contributed by atoms with Crippen molar-refractivity contribution in [3.05, 3.63) is 90.3 Å². The summed E-state index contributed by atoms with van der Waals surface area (Å²) in [5, 5.41) is 0. The van der Waals surface area contributed by atoms with Crippen LogP contribution in [0.3, 0.4) is 0 Å². The van der Waals surface area contributed by atoms with Crippen LogP contribution in [0, 0.1) is 13.8 Å². The molecule has 5 aromatic rings. The van der Waals surface area contributed by atoms with Crippen LogP contribution < -0.4 is 30.4 Å². The SMILES string of the molecule is Cc1ccccc1-n1c(C)[n+](C)c2c3c(ccc21)B1c2ccccc2Oc2cccc(c21)O3. The third-order valence-electron chi connectivity index (χ3n) is 7.17. The quantitative estimate of drug-likeness (QED) is 0.293. The second-order valence-electron chi connectivity index (χ2n) is 8.92. The van der Waals surface area contributed by atoms with Crippen molar-refractivity contribution < 1.29 is 14.0 Å². The third kappa shape index (κ3) is 2.39. The summed E-state index contributed by atoms with van der Waals surface area (Å²) in [5.74, 6) is 4.74. The number of ether oxygens (including phenoxy) is 2. The second-order valence-corrected chi connectivity index (χ2v) is 8.92. The van der Waals surface area contributed by atoms with Crippen molar-refractivity contribution >= 4 is 34.1 Å². The van der Waals surface area contributed by atoms with Gasteiger partial charge in [0.1, 0.15) is 22.9 Å². The van der Waals surface area contributed by atoms with Crippen LogP contribution in [0.2, 0.25) is 0 Å². The van der Waals surface area contributed by atoms with Crippen LogP contribution in [0.15, 0.2) is 78.9 Å². The zero-order chi connectivity index (χ0) is 22.3. The Kier molecular flexibility index (Phi) is 3.67. The predicted molar refractivity (Wildman–Crippen MR) is 132 cm³/mol. The number of para-hydroxylation sites is 2. The molecule has 7 rings (SSSR count). The summed E-state index contributed by atoms with van der Waals surface area (Å²) in [6.07, 6.45) is 0. The molecule has 0 radical (unpaired) electrons. The van der Waals surface area contributed by atoms with E-state index in [-0.39, 0.29) is 6.71 Å². The van der Waals surface area contributed by atoms with Gasteiger partial charge in [-0.2, -0.15) is 4.57 Å². The van der Waals surface area contributed by atoms with Crippen LogP contribution in [-0.2, 0) is 7.05 Å². The van der Waals surface area contributed by atoms with E-state index in [0.717, 1.165) is 45.3 Å². The van der Waals surface area contributed by atoms with Gasteiger partial charge in [0.2, 0.25) is 5.52 Å². The molecule has 0 saturated carbocycles. The molecule has 0 amide bonds. The van der Waals surface area contributed by atoms with Crippen LogP contribution in [0.1, 0.15) is 11.4 Å². The zero-order valence-electron chi connectivity index (χ0n) is 18.8. The molecule has 0 unspecified atom stereocenters. The van der Waals surface area contributed by atoms with E-state index in [2.05, 4.69) is 90.7 Å². The molecular weight excluding hydrogens is 407 g/mol. The first-order valence-corrected chi connectivity index (χ1v) is 11.3. The Morgan fingerprint density at radius 2 is 1.45 bits per heavy atom. The summed E-state index contributed by atoms with van der Waals surface area (Å²) in [6, 6.07) is 27.4. The van der Waals surface area contributed by atoms with Gasteiger partial charge < -0.3 is 9.47 Å². The highest BCUT2D eigenvalue weighted by Gasteiger charge is 2.42. The van der Waals surface area contributed by atoms with Gasteiger partial charge in [0.05, 0.1) is 7.05 Å². The normalized spacial score (nSPS) is 13.1. The van der Waals surface area contributed by atoms with E-state index in [1.54, 1.807) is 0 Å². The fourth-order valence-corrected chi connectivity index (χ4v) is 5.53. The Labute approximate surface area is 192 Å². The first-order chi connectivity index (χ1) is 16.1. The number of aryl methyl sites for hydroxylation is 2. The summed E-state index contributed by atoms with van der Waals surface area (Å²) < 4.78 is 17.5. The van der Waals surface area contributed by atoms with Gasteiger partial charge in [-0.25, -0.2) is 4.57 Å². The Morgan fingerprint density at radius 1 is 0.727 bits per heavy atom. The van der Waals surface area contributed by atoms with Gasteiger partial charge in [-0.15, -0.1) is 0 Å². The van der Waals surface area contributed by atoms with E-state index in [4.69, 9.17) is 9.47 Å². The minimum absolute atomic E-state index is 0.0800. The van der Waals surface area contributed by atoms with Gasteiger partial charge in [0.25, 0.3) is 12.5 Å². The highest BCUT2D eigenvalue weighted by molar-refractivity contribution is 6.98. The summed E-state index contributed by atoms with van der Waals surface area (Å²) in [5.41, 5.74) is 8.15. The molecule has 5 heteroatoms. The molecule has 158 valence electrons. The number of hydrogen-bond donors (Lipinski definition) is 0. The molecule has 0 spiro atoms. The molecule has 3 heterocycles. The van der Waals surface area contributed by atoms with Crippen LogP contribution in [0.5, 0.6) is 23.0 Å². The Hall–Kier alpha value is -3.99. The molecule has 2 aliphatic rings. The lowest BCUT2D eigenvalue weighted by Crippen LogP contribution is -2.57. The molecule has 0 fully saturated rings. The number of nitrogens with zero attached hydrogens (tertiary/aromatic N) is 2. The molecule has 2 aliphatic heterocycles. The maximum absolute atomic E-state index is 6.65. The molecule has 0 atom stereocenters. The molecule has 4 nitrogen and oxygen atoms in total. The van der Waals surface area contributed by atoms with Crippen molar-refractivity contribution in [3.8, 4) is 28.7 Å². The number of benzene rings is 4. The second kappa shape index (κ2) is 6.52. The van der Waals surface area contributed by atoms with Gasteiger partial charge in [0.15, 0.2) is 11.3 Å². The molecular formula is C28H22BN2O2+. The van der Waals surface area contributed by atoms with Gasteiger partial charge in [0, 0.05) is 12.4 Å². The van der Waals surface area contributed by atoms with Crippen molar-refractivity contribution in [1.29, 1.82) is 0 Å². The fraction of sp³-hybridized carbons (Fsp3) is 0.107. The van der Waals surface area contributed by atoms with Crippen LogP contribution in [0.25, 0.3) is 16.7 Å². The topological polar surface area (TPSA) is 27.3 Å². The average molecular weight is 429 g/mol. The average Bonchev–Trinajstić information content (AvgIpc) is 3.09. The Bertz CT molecular complexity index is 1620. The highest BCUT2D eigenvalue weighted by Crippen LogP contribution is 2.37. The van der Waals surface area contributed by atoms with Crippen molar-refractivity contribution in [3.63, 3.8) is 0 Å². The van der Waals surface area contributed by atoms with Gasteiger partial charge in [-0.3, -0.25) is 0 Å². The molecule has 33 heavy (non-hydrogen) atoms.